The van der Waals surface area contributed by atoms with Crippen LogP contribution in [0, 0.1) is 0 Å². The molecule has 98 valence electrons. The number of carbonyl (C=O) groups excluding carboxylic acids is 1. The molecule has 1 aliphatic rings. The van der Waals surface area contributed by atoms with E-state index in [-0.39, 0.29) is 12.0 Å². The number of halogens is 3. The van der Waals surface area contributed by atoms with Gasteiger partial charge in [-0.1, -0.05) is 24.3 Å². The van der Waals surface area contributed by atoms with Crippen molar-refractivity contribution in [3.05, 3.63) is 35.4 Å². The van der Waals surface area contributed by atoms with Crippen molar-refractivity contribution in [1.82, 2.24) is 0 Å². The maximum absolute atomic E-state index is 12.8. The Hall–Kier alpha value is -1.56. The van der Waals surface area contributed by atoms with E-state index in [0.29, 0.717) is 5.56 Å². The molecule has 2 unspecified atom stereocenters. The van der Waals surface area contributed by atoms with Gasteiger partial charge in [0, 0.05) is 0 Å². The zero-order valence-corrected chi connectivity index (χ0v) is 9.53. The molecule has 1 aromatic carbocycles. The third-order valence-corrected chi connectivity index (χ3v) is 2.80. The van der Waals surface area contributed by atoms with Gasteiger partial charge in [-0.05, 0) is 11.1 Å². The van der Waals surface area contributed by atoms with Crippen LogP contribution < -0.4 is 0 Å². The van der Waals surface area contributed by atoms with Gasteiger partial charge in [-0.25, -0.2) is 0 Å². The lowest BCUT2D eigenvalue weighted by atomic mass is 10.0. The summed E-state index contributed by atoms with van der Waals surface area (Å²) in [4.78, 5) is 11.2. The second kappa shape index (κ2) is 4.61. The molecule has 0 saturated heterocycles. The minimum atomic E-state index is -4.49. The number of fused-ring (bicyclic) bond motifs is 1. The number of hydrogen-bond donors (Lipinski definition) is 0. The van der Waals surface area contributed by atoms with Gasteiger partial charge < -0.3 is 9.47 Å². The Labute approximate surface area is 102 Å². The number of alkyl halides is 3. The van der Waals surface area contributed by atoms with Crippen LogP contribution in [0.15, 0.2) is 24.3 Å². The average molecular weight is 260 g/mol. The topological polar surface area (TPSA) is 35.5 Å². The Morgan fingerprint density at radius 2 is 1.94 bits per heavy atom. The van der Waals surface area contributed by atoms with E-state index in [1.165, 1.54) is 25.3 Å². The van der Waals surface area contributed by atoms with Gasteiger partial charge in [0.1, 0.15) is 0 Å². The van der Waals surface area contributed by atoms with Gasteiger partial charge in [-0.15, -0.1) is 0 Å². The summed E-state index contributed by atoms with van der Waals surface area (Å²) in [6.07, 6.45) is -7.58. The molecule has 2 atom stereocenters. The molecule has 0 saturated carbocycles. The predicted octanol–water partition coefficient (Wildman–Crippen LogP) is 2.92. The van der Waals surface area contributed by atoms with Crippen molar-refractivity contribution in [2.75, 3.05) is 7.11 Å². The second-order valence-corrected chi connectivity index (χ2v) is 3.96. The molecule has 0 radical (unpaired) electrons. The fourth-order valence-electron chi connectivity index (χ4n) is 2.00. The van der Waals surface area contributed by atoms with Crippen molar-refractivity contribution < 1.29 is 27.4 Å². The minimum absolute atomic E-state index is 0.0684. The van der Waals surface area contributed by atoms with Crippen LogP contribution in [0.5, 0.6) is 0 Å². The van der Waals surface area contributed by atoms with Crippen molar-refractivity contribution in [3.63, 3.8) is 0 Å². The van der Waals surface area contributed by atoms with E-state index in [1.54, 1.807) is 6.07 Å². The number of benzene rings is 1. The molecule has 1 aliphatic heterocycles. The molecule has 6 heteroatoms. The summed E-state index contributed by atoms with van der Waals surface area (Å²) in [5.41, 5.74) is 0.462. The van der Waals surface area contributed by atoms with E-state index in [2.05, 4.69) is 4.74 Å². The maximum atomic E-state index is 12.8. The molecule has 0 aliphatic carbocycles. The molecular formula is C12H11F3O3. The van der Waals surface area contributed by atoms with Crippen molar-refractivity contribution in [3.8, 4) is 0 Å². The third-order valence-electron chi connectivity index (χ3n) is 2.80. The fourth-order valence-corrected chi connectivity index (χ4v) is 2.00. The van der Waals surface area contributed by atoms with Crippen LogP contribution in [-0.4, -0.2) is 19.3 Å². The number of carbonyl (C=O) groups is 1. The van der Waals surface area contributed by atoms with Crippen molar-refractivity contribution in [2.24, 2.45) is 0 Å². The van der Waals surface area contributed by atoms with Gasteiger partial charge >= 0.3 is 12.1 Å². The van der Waals surface area contributed by atoms with Gasteiger partial charge in [0.2, 0.25) is 0 Å². The van der Waals surface area contributed by atoms with Crippen LogP contribution in [0.25, 0.3) is 0 Å². The molecule has 3 nitrogen and oxygen atoms in total. The van der Waals surface area contributed by atoms with Gasteiger partial charge in [0.15, 0.2) is 6.10 Å². The van der Waals surface area contributed by atoms with Gasteiger partial charge in [-0.3, -0.25) is 4.79 Å². The summed E-state index contributed by atoms with van der Waals surface area (Å²) in [5, 5.41) is 0. The molecule has 0 spiro atoms. The van der Waals surface area contributed by atoms with Gasteiger partial charge in [0.05, 0.1) is 19.6 Å². The van der Waals surface area contributed by atoms with Gasteiger partial charge in [0.25, 0.3) is 0 Å². The lowest BCUT2D eigenvalue weighted by Gasteiger charge is -2.16. The monoisotopic (exact) mass is 260 g/mol. The summed E-state index contributed by atoms with van der Waals surface area (Å²) >= 11 is 0. The molecular weight excluding hydrogens is 249 g/mol. The number of ether oxygens (including phenoxy) is 2. The summed E-state index contributed by atoms with van der Waals surface area (Å²) in [6, 6.07) is 6.03. The maximum Gasteiger partial charge on any atom is 0.418 e. The van der Waals surface area contributed by atoms with Crippen LogP contribution >= 0.6 is 0 Å². The molecule has 0 bridgehead atoms. The van der Waals surface area contributed by atoms with E-state index in [0.717, 1.165) is 0 Å². The van der Waals surface area contributed by atoms with Crippen molar-refractivity contribution in [1.29, 1.82) is 0 Å². The van der Waals surface area contributed by atoms with E-state index in [9.17, 15) is 18.0 Å². The molecule has 2 rings (SSSR count). The first-order chi connectivity index (χ1) is 8.43. The molecule has 1 heterocycles. The highest BCUT2D eigenvalue weighted by atomic mass is 19.4. The highest BCUT2D eigenvalue weighted by Crippen LogP contribution is 2.48. The van der Waals surface area contributed by atoms with E-state index in [4.69, 9.17) is 4.74 Å². The van der Waals surface area contributed by atoms with Crippen molar-refractivity contribution >= 4 is 5.97 Å². The second-order valence-electron chi connectivity index (χ2n) is 3.96. The summed E-state index contributed by atoms with van der Waals surface area (Å²) in [5.74, 6) is -0.599. The van der Waals surface area contributed by atoms with E-state index in [1.807, 2.05) is 0 Å². The van der Waals surface area contributed by atoms with Gasteiger partial charge in [-0.2, -0.15) is 13.2 Å². The highest BCUT2D eigenvalue weighted by molar-refractivity contribution is 5.70. The van der Waals surface area contributed by atoms with Crippen LogP contribution in [0.3, 0.4) is 0 Å². The first-order valence-electron chi connectivity index (χ1n) is 5.31. The molecule has 0 N–H and O–H groups in total. The molecule has 18 heavy (non-hydrogen) atoms. The summed E-state index contributed by atoms with van der Waals surface area (Å²) in [7, 11) is 1.18. The smallest absolute Gasteiger partial charge is 0.418 e. The van der Waals surface area contributed by atoms with E-state index < -0.39 is 24.4 Å². The van der Waals surface area contributed by atoms with Crippen LogP contribution in [-0.2, 0) is 14.3 Å². The Bertz CT molecular complexity index is 456. The van der Waals surface area contributed by atoms with Crippen LogP contribution in [0.1, 0.15) is 29.8 Å². The van der Waals surface area contributed by atoms with Crippen LogP contribution in [0.4, 0.5) is 13.2 Å². The lowest BCUT2D eigenvalue weighted by molar-refractivity contribution is -0.229. The third kappa shape index (κ3) is 2.33. The molecule has 0 amide bonds. The fraction of sp³-hybridized carbons (Fsp3) is 0.417. The van der Waals surface area contributed by atoms with Crippen LogP contribution in [0.2, 0.25) is 0 Å². The number of esters is 1. The Balaban J connectivity index is 2.30. The summed E-state index contributed by atoms with van der Waals surface area (Å²) in [6.45, 7) is 0. The van der Waals surface area contributed by atoms with E-state index >= 15 is 0 Å². The molecule has 0 fully saturated rings. The Morgan fingerprint density at radius 3 is 2.50 bits per heavy atom. The Morgan fingerprint density at radius 1 is 1.33 bits per heavy atom. The molecule has 1 aromatic rings. The average Bonchev–Trinajstić information content (AvgIpc) is 2.68. The number of rotatable bonds is 2. The normalized spacial score (nSPS) is 22.7. The highest BCUT2D eigenvalue weighted by Gasteiger charge is 2.49. The zero-order valence-electron chi connectivity index (χ0n) is 9.53. The molecule has 0 aromatic heterocycles. The lowest BCUT2D eigenvalue weighted by Crippen LogP contribution is -2.20. The minimum Gasteiger partial charge on any atom is -0.469 e. The number of hydrogen-bond acceptors (Lipinski definition) is 3. The largest absolute Gasteiger partial charge is 0.469 e. The zero-order chi connectivity index (χ0) is 13.3. The first kappa shape index (κ1) is 12.9. The summed E-state index contributed by atoms with van der Waals surface area (Å²) < 4.78 is 47.8. The standard InChI is InChI=1S/C12H11F3O3/c1-17-10(16)6-9-7-4-2-3-5-8(7)11(18-9)12(13,14)15/h2-5,9,11H,6H2,1H3. The quantitative estimate of drug-likeness (QED) is 0.767. The number of methoxy groups -OCH3 is 1. The van der Waals surface area contributed by atoms with Crippen molar-refractivity contribution in [2.45, 2.75) is 24.8 Å². The first-order valence-corrected chi connectivity index (χ1v) is 5.31. The Kier molecular flexibility index (Phi) is 3.30. The predicted molar refractivity (Wildman–Crippen MR) is 55.7 cm³/mol. The SMILES string of the molecule is COC(=O)CC1OC(C(F)(F)F)c2ccccc21.